The third kappa shape index (κ3) is 3.56. The fourth-order valence-electron chi connectivity index (χ4n) is 1.51. The van der Waals surface area contributed by atoms with E-state index in [0.29, 0.717) is 0 Å². The van der Waals surface area contributed by atoms with Crippen LogP contribution in [0.4, 0.5) is 0 Å². The van der Waals surface area contributed by atoms with E-state index in [1.54, 1.807) is 6.92 Å². The molecule has 1 amide bonds. The zero-order valence-corrected chi connectivity index (χ0v) is 10.4. The Hall–Kier alpha value is -1.88. The highest BCUT2D eigenvalue weighted by Crippen LogP contribution is 2.14. The highest BCUT2D eigenvalue weighted by atomic mass is 16.5. The molecule has 2 atom stereocenters. The van der Waals surface area contributed by atoms with Crippen molar-refractivity contribution >= 4 is 11.9 Å². The summed E-state index contributed by atoms with van der Waals surface area (Å²) in [5.74, 6) is -1.39. The lowest BCUT2D eigenvalue weighted by atomic mass is 10.0. The molecule has 2 N–H and O–H groups in total. The Balaban J connectivity index is 2.67. The smallest absolute Gasteiger partial charge is 0.330 e. The Morgan fingerprint density at radius 1 is 1.33 bits per heavy atom. The van der Waals surface area contributed by atoms with Crippen LogP contribution in [0.3, 0.4) is 0 Å². The number of nitrogens with one attached hydrogen (secondary N) is 1. The van der Waals surface area contributed by atoms with Crippen LogP contribution in [0.1, 0.15) is 18.4 Å². The number of aliphatic hydroxyl groups excluding tert-OH is 1. The zero-order valence-electron chi connectivity index (χ0n) is 10.4. The maximum atomic E-state index is 11.9. The van der Waals surface area contributed by atoms with Crippen LogP contribution in [0.5, 0.6) is 0 Å². The lowest BCUT2D eigenvalue weighted by molar-refractivity contribution is -0.146. The van der Waals surface area contributed by atoms with Crippen LogP contribution in [-0.4, -0.2) is 36.7 Å². The standard InChI is InChI=1S/C13H17NO4/c1-9(10-6-4-3-5-7-10)12(16)14-11(8-15)13(17)18-2/h3-7,9,11,15H,8H2,1-2H3,(H,14,16). The van der Waals surface area contributed by atoms with Crippen LogP contribution < -0.4 is 5.32 Å². The van der Waals surface area contributed by atoms with E-state index in [9.17, 15) is 9.59 Å². The van der Waals surface area contributed by atoms with Gasteiger partial charge < -0.3 is 15.2 Å². The molecular weight excluding hydrogens is 234 g/mol. The molecule has 5 heteroatoms. The summed E-state index contributed by atoms with van der Waals surface area (Å²) in [5.41, 5.74) is 0.844. The van der Waals surface area contributed by atoms with E-state index in [0.717, 1.165) is 5.56 Å². The first-order valence-corrected chi connectivity index (χ1v) is 5.64. The topological polar surface area (TPSA) is 75.6 Å². The van der Waals surface area contributed by atoms with Gasteiger partial charge in [-0.1, -0.05) is 30.3 Å². The summed E-state index contributed by atoms with van der Waals surface area (Å²) in [7, 11) is 1.21. The van der Waals surface area contributed by atoms with Gasteiger partial charge in [0.25, 0.3) is 0 Å². The minimum absolute atomic E-state index is 0.328. The third-order valence-corrected chi connectivity index (χ3v) is 2.68. The van der Waals surface area contributed by atoms with Gasteiger partial charge in [0.1, 0.15) is 0 Å². The number of methoxy groups -OCH3 is 1. The van der Waals surface area contributed by atoms with Crippen LogP contribution in [-0.2, 0) is 14.3 Å². The molecule has 5 nitrogen and oxygen atoms in total. The van der Waals surface area contributed by atoms with Gasteiger partial charge >= 0.3 is 5.97 Å². The second kappa shape index (κ2) is 6.76. The number of carbonyl (C=O) groups excluding carboxylic acids is 2. The van der Waals surface area contributed by atoms with E-state index >= 15 is 0 Å². The molecule has 0 aliphatic carbocycles. The van der Waals surface area contributed by atoms with Crippen LogP contribution in [0.25, 0.3) is 0 Å². The summed E-state index contributed by atoms with van der Waals surface area (Å²) in [6.45, 7) is 1.25. The van der Waals surface area contributed by atoms with E-state index in [2.05, 4.69) is 10.1 Å². The van der Waals surface area contributed by atoms with Gasteiger partial charge in [-0.25, -0.2) is 4.79 Å². The van der Waals surface area contributed by atoms with Crippen molar-refractivity contribution in [3.05, 3.63) is 35.9 Å². The number of rotatable bonds is 5. The minimum atomic E-state index is -1.02. The van der Waals surface area contributed by atoms with Crippen LogP contribution >= 0.6 is 0 Å². The van der Waals surface area contributed by atoms with Gasteiger partial charge in [0.2, 0.25) is 5.91 Å². The molecule has 0 radical (unpaired) electrons. The summed E-state index contributed by atoms with van der Waals surface area (Å²) in [6.07, 6.45) is 0. The summed E-state index contributed by atoms with van der Waals surface area (Å²) >= 11 is 0. The van der Waals surface area contributed by atoms with Gasteiger partial charge in [0.05, 0.1) is 19.6 Å². The highest BCUT2D eigenvalue weighted by molar-refractivity contribution is 5.88. The molecular formula is C13H17NO4. The number of benzene rings is 1. The first-order valence-electron chi connectivity index (χ1n) is 5.64. The minimum Gasteiger partial charge on any atom is -0.467 e. The van der Waals surface area contributed by atoms with Crippen LogP contribution in [0, 0.1) is 0 Å². The van der Waals surface area contributed by atoms with Gasteiger partial charge in [-0.15, -0.1) is 0 Å². The monoisotopic (exact) mass is 251 g/mol. The van der Waals surface area contributed by atoms with Gasteiger partial charge in [0.15, 0.2) is 6.04 Å². The zero-order chi connectivity index (χ0) is 13.5. The molecule has 0 aliphatic heterocycles. The Morgan fingerprint density at radius 3 is 2.44 bits per heavy atom. The average Bonchev–Trinajstić information content (AvgIpc) is 2.43. The van der Waals surface area contributed by atoms with Gasteiger partial charge in [-0.3, -0.25) is 4.79 Å². The van der Waals surface area contributed by atoms with Gasteiger partial charge in [-0.05, 0) is 12.5 Å². The highest BCUT2D eigenvalue weighted by Gasteiger charge is 2.23. The normalized spacial score (nSPS) is 13.5. The van der Waals surface area contributed by atoms with E-state index in [-0.39, 0.29) is 5.91 Å². The first kappa shape index (κ1) is 14.2. The first-order chi connectivity index (χ1) is 8.60. The predicted octanol–water partition coefficient (Wildman–Crippen LogP) is 0.440. The van der Waals surface area contributed by atoms with Crippen molar-refractivity contribution in [1.29, 1.82) is 0 Å². The lowest BCUT2D eigenvalue weighted by Gasteiger charge is -2.17. The lowest BCUT2D eigenvalue weighted by Crippen LogP contribution is -2.45. The summed E-state index contributed by atoms with van der Waals surface area (Å²) in [4.78, 5) is 23.1. The molecule has 1 aromatic rings. The van der Waals surface area contributed by atoms with E-state index in [1.807, 2.05) is 30.3 Å². The molecule has 0 saturated heterocycles. The second-order valence-corrected chi connectivity index (χ2v) is 3.90. The fourth-order valence-corrected chi connectivity index (χ4v) is 1.51. The molecule has 0 aromatic heterocycles. The van der Waals surface area contributed by atoms with Gasteiger partial charge in [0, 0.05) is 0 Å². The van der Waals surface area contributed by atoms with Crippen molar-refractivity contribution in [2.75, 3.05) is 13.7 Å². The van der Waals surface area contributed by atoms with E-state index < -0.39 is 24.5 Å². The van der Waals surface area contributed by atoms with E-state index in [4.69, 9.17) is 5.11 Å². The summed E-state index contributed by atoms with van der Waals surface area (Å²) < 4.78 is 4.48. The molecule has 0 heterocycles. The Morgan fingerprint density at radius 2 is 1.94 bits per heavy atom. The number of hydrogen-bond donors (Lipinski definition) is 2. The molecule has 1 rings (SSSR count). The fraction of sp³-hybridized carbons (Fsp3) is 0.385. The predicted molar refractivity (Wildman–Crippen MR) is 65.9 cm³/mol. The molecule has 98 valence electrons. The van der Waals surface area contributed by atoms with Crippen LogP contribution in [0.2, 0.25) is 0 Å². The van der Waals surface area contributed by atoms with Crippen molar-refractivity contribution in [2.24, 2.45) is 0 Å². The average molecular weight is 251 g/mol. The number of aliphatic hydroxyl groups is 1. The number of hydrogen-bond acceptors (Lipinski definition) is 4. The third-order valence-electron chi connectivity index (χ3n) is 2.68. The summed E-state index contributed by atoms with van der Waals surface area (Å²) in [5, 5.41) is 11.5. The van der Waals surface area contributed by atoms with Crippen molar-refractivity contribution in [2.45, 2.75) is 18.9 Å². The molecule has 1 aromatic carbocycles. The van der Waals surface area contributed by atoms with E-state index in [1.165, 1.54) is 7.11 Å². The Labute approximate surface area is 106 Å². The van der Waals surface area contributed by atoms with Crippen molar-refractivity contribution < 1.29 is 19.4 Å². The Bertz CT molecular complexity index is 405. The largest absolute Gasteiger partial charge is 0.467 e. The van der Waals surface area contributed by atoms with Crippen molar-refractivity contribution in [1.82, 2.24) is 5.32 Å². The molecule has 0 bridgehead atoms. The number of ether oxygens (including phenoxy) is 1. The van der Waals surface area contributed by atoms with Gasteiger partial charge in [-0.2, -0.15) is 0 Å². The molecule has 0 aliphatic rings. The molecule has 0 saturated carbocycles. The quantitative estimate of drug-likeness (QED) is 0.745. The Kier molecular flexibility index (Phi) is 5.32. The molecule has 0 fully saturated rings. The number of esters is 1. The van der Waals surface area contributed by atoms with Crippen LogP contribution in [0.15, 0.2) is 30.3 Å². The number of amides is 1. The molecule has 2 unspecified atom stereocenters. The SMILES string of the molecule is COC(=O)C(CO)NC(=O)C(C)c1ccccc1. The number of carbonyl (C=O) groups is 2. The summed E-state index contributed by atoms with van der Waals surface area (Å²) in [6, 6.07) is 8.17. The maximum absolute atomic E-state index is 11.9. The molecule has 0 spiro atoms. The van der Waals surface area contributed by atoms with Crippen molar-refractivity contribution in [3.63, 3.8) is 0 Å². The molecule has 18 heavy (non-hydrogen) atoms. The van der Waals surface area contributed by atoms with Crippen molar-refractivity contribution in [3.8, 4) is 0 Å². The second-order valence-electron chi connectivity index (χ2n) is 3.90. The maximum Gasteiger partial charge on any atom is 0.330 e.